The Labute approximate surface area is 117 Å². The van der Waals surface area contributed by atoms with Crippen molar-refractivity contribution < 1.29 is 0 Å². The minimum absolute atomic E-state index is 0.573. The molecule has 0 spiro atoms. The van der Waals surface area contributed by atoms with Gasteiger partial charge in [-0.25, -0.2) is 0 Å². The van der Waals surface area contributed by atoms with Crippen molar-refractivity contribution in [2.75, 3.05) is 18.0 Å². The van der Waals surface area contributed by atoms with Gasteiger partial charge in [0.2, 0.25) is 5.95 Å². The van der Waals surface area contributed by atoms with E-state index in [4.69, 9.17) is 0 Å². The van der Waals surface area contributed by atoms with E-state index >= 15 is 0 Å². The molecule has 2 aromatic rings. The van der Waals surface area contributed by atoms with Crippen molar-refractivity contribution in [2.45, 2.75) is 31.3 Å². The number of aromatic nitrogens is 4. The molecular weight excluding hydrogens is 252 g/mol. The van der Waals surface area contributed by atoms with Crippen molar-refractivity contribution in [2.24, 2.45) is 0 Å². The van der Waals surface area contributed by atoms with E-state index < -0.39 is 0 Å². The van der Waals surface area contributed by atoms with Crippen LogP contribution < -0.4 is 10.2 Å². The Morgan fingerprint density at radius 2 is 1.90 bits per heavy atom. The lowest BCUT2D eigenvalue weighted by Crippen LogP contribution is -2.36. The number of tetrazole rings is 1. The van der Waals surface area contributed by atoms with Crippen LogP contribution in [0.4, 0.5) is 5.95 Å². The predicted molar refractivity (Wildman–Crippen MR) is 75.9 cm³/mol. The van der Waals surface area contributed by atoms with Crippen LogP contribution in [0.3, 0.4) is 0 Å². The van der Waals surface area contributed by atoms with Gasteiger partial charge in [-0.3, -0.25) is 0 Å². The summed E-state index contributed by atoms with van der Waals surface area (Å²) in [6.07, 6.45) is 3.73. The van der Waals surface area contributed by atoms with E-state index in [0.29, 0.717) is 12.1 Å². The Morgan fingerprint density at radius 1 is 1.05 bits per heavy atom. The van der Waals surface area contributed by atoms with Crippen molar-refractivity contribution in [3.05, 3.63) is 30.3 Å². The van der Waals surface area contributed by atoms with Gasteiger partial charge in [-0.1, -0.05) is 23.3 Å². The van der Waals surface area contributed by atoms with Gasteiger partial charge in [-0.05, 0) is 41.8 Å². The number of benzene rings is 1. The highest BCUT2D eigenvalue weighted by Gasteiger charge is 2.31. The van der Waals surface area contributed by atoms with Crippen LogP contribution in [-0.2, 0) is 0 Å². The van der Waals surface area contributed by atoms with Gasteiger partial charge in [-0.2, -0.15) is 4.68 Å². The largest absolute Gasteiger partial charge is 0.338 e. The lowest BCUT2D eigenvalue weighted by Gasteiger charge is -2.24. The Hall–Kier alpha value is -1.95. The average Bonchev–Trinajstić information content (AvgIpc) is 3.07. The molecule has 2 atom stereocenters. The molecule has 0 aliphatic carbocycles. The number of para-hydroxylation sites is 1. The molecule has 4 rings (SSSR count). The summed E-state index contributed by atoms with van der Waals surface area (Å²) >= 11 is 0. The van der Waals surface area contributed by atoms with Gasteiger partial charge in [-0.15, -0.1) is 0 Å². The maximum Gasteiger partial charge on any atom is 0.250 e. The first kappa shape index (κ1) is 11.8. The van der Waals surface area contributed by atoms with Crippen molar-refractivity contribution >= 4 is 5.95 Å². The zero-order valence-electron chi connectivity index (χ0n) is 11.3. The third-order valence-corrected chi connectivity index (χ3v) is 4.26. The highest BCUT2D eigenvalue weighted by Crippen LogP contribution is 2.24. The van der Waals surface area contributed by atoms with Crippen LogP contribution in [0.5, 0.6) is 0 Å². The van der Waals surface area contributed by atoms with Crippen LogP contribution in [0.15, 0.2) is 30.3 Å². The Kier molecular flexibility index (Phi) is 2.88. The fraction of sp³-hybridized carbons (Fsp3) is 0.500. The Morgan fingerprint density at radius 3 is 2.80 bits per heavy atom. The monoisotopic (exact) mass is 270 g/mol. The van der Waals surface area contributed by atoms with Gasteiger partial charge in [0.1, 0.15) is 0 Å². The normalized spacial score (nSPS) is 25.7. The van der Waals surface area contributed by atoms with Crippen LogP contribution in [0.25, 0.3) is 5.69 Å². The van der Waals surface area contributed by atoms with Crippen molar-refractivity contribution in [3.8, 4) is 5.69 Å². The Bertz CT molecular complexity index is 580. The molecule has 6 nitrogen and oxygen atoms in total. The molecule has 0 amide bonds. The van der Waals surface area contributed by atoms with E-state index in [1.165, 1.54) is 12.8 Å². The molecule has 6 heteroatoms. The SMILES string of the molecule is c1ccc(-n2nnnc2N2CCC3CCC(C2)N3)cc1. The first-order chi connectivity index (χ1) is 9.90. The number of hydrogen-bond acceptors (Lipinski definition) is 5. The zero-order valence-corrected chi connectivity index (χ0v) is 11.3. The fourth-order valence-electron chi connectivity index (χ4n) is 3.24. The molecule has 104 valence electrons. The van der Waals surface area contributed by atoms with Gasteiger partial charge in [0.15, 0.2) is 0 Å². The first-order valence-corrected chi connectivity index (χ1v) is 7.25. The second-order valence-electron chi connectivity index (χ2n) is 5.60. The molecule has 2 saturated heterocycles. The molecule has 0 saturated carbocycles. The highest BCUT2D eigenvalue weighted by atomic mass is 15.6. The van der Waals surface area contributed by atoms with E-state index in [1.807, 2.05) is 35.0 Å². The van der Waals surface area contributed by atoms with Crippen molar-refractivity contribution in [1.29, 1.82) is 0 Å². The second-order valence-corrected chi connectivity index (χ2v) is 5.60. The lowest BCUT2D eigenvalue weighted by molar-refractivity contribution is 0.563. The molecule has 1 aromatic carbocycles. The predicted octanol–water partition coefficient (Wildman–Crippen LogP) is 0.993. The van der Waals surface area contributed by atoms with Crippen molar-refractivity contribution in [3.63, 3.8) is 0 Å². The molecule has 1 aromatic heterocycles. The molecule has 2 aliphatic heterocycles. The summed E-state index contributed by atoms with van der Waals surface area (Å²) < 4.78 is 1.83. The van der Waals surface area contributed by atoms with Gasteiger partial charge in [0, 0.05) is 25.2 Å². The lowest BCUT2D eigenvalue weighted by atomic mass is 10.1. The third kappa shape index (κ3) is 2.06. The van der Waals surface area contributed by atoms with E-state index in [-0.39, 0.29) is 0 Å². The molecule has 2 bridgehead atoms. The molecule has 20 heavy (non-hydrogen) atoms. The van der Waals surface area contributed by atoms with E-state index in [0.717, 1.165) is 31.1 Å². The number of rotatable bonds is 2. The summed E-state index contributed by atoms with van der Waals surface area (Å²) in [4.78, 5) is 2.31. The number of hydrogen-bond donors (Lipinski definition) is 1. The Balaban J connectivity index is 1.64. The molecule has 3 heterocycles. The third-order valence-electron chi connectivity index (χ3n) is 4.26. The number of anilines is 1. The van der Waals surface area contributed by atoms with Gasteiger partial charge in [0.05, 0.1) is 5.69 Å². The summed E-state index contributed by atoms with van der Waals surface area (Å²) in [5.74, 6) is 0.852. The number of nitrogens with one attached hydrogen (secondary N) is 1. The topological polar surface area (TPSA) is 58.9 Å². The molecule has 2 aliphatic rings. The number of nitrogens with zero attached hydrogens (tertiary/aromatic N) is 5. The summed E-state index contributed by atoms with van der Waals surface area (Å²) in [6.45, 7) is 2.01. The molecule has 2 fully saturated rings. The maximum absolute atomic E-state index is 4.24. The van der Waals surface area contributed by atoms with Crippen LogP contribution >= 0.6 is 0 Å². The van der Waals surface area contributed by atoms with Crippen LogP contribution in [-0.4, -0.2) is 45.4 Å². The highest BCUT2D eigenvalue weighted by molar-refractivity contribution is 5.41. The smallest absolute Gasteiger partial charge is 0.250 e. The van der Waals surface area contributed by atoms with Gasteiger partial charge >= 0.3 is 0 Å². The van der Waals surface area contributed by atoms with Crippen molar-refractivity contribution in [1.82, 2.24) is 25.5 Å². The molecule has 1 N–H and O–H groups in total. The summed E-state index contributed by atoms with van der Waals surface area (Å²) in [6, 6.07) is 11.3. The minimum atomic E-state index is 0.573. The molecular formula is C14H18N6. The summed E-state index contributed by atoms with van der Waals surface area (Å²) in [5, 5.41) is 15.9. The zero-order chi connectivity index (χ0) is 13.4. The standard InChI is InChI=1S/C14H18N6/c1-2-4-13(5-3-1)20-14(16-17-18-20)19-9-8-11-6-7-12(10-19)15-11/h1-5,11-12,15H,6-10H2. The van der Waals surface area contributed by atoms with E-state index in [9.17, 15) is 0 Å². The maximum atomic E-state index is 4.24. The molecule has 0 radical (unpaired) electrons. The van der Waals surface area contributed by atoms with Crippen LogP contribution in [0.2, 0.25) is 0 Å². The van der Waals surface area contributed by atoms with E-state index in [2.05, 4.69) is 25.7 Å². The summed E-state index contributed by atoms with van der Waals surface area (Å²) in [5.41, 5.74) is 1.01. The van der Waals surface area contributed by atoms with Gasteiger partial charge < -0.3 is 10.2 Å². The summed E-state index contributed by atoms with van der Waals surface area (Å²) in [7, 11) is 0. The quantitative estimate of drug-likeness (QED) is 0.882. The van der Waals surface area contributed by atoms with Crippen LogP contribution in [0, 0.1) is 0 Å². The number of fused-ring (bicyclic) bond motifs is 2. The minimum Gasteiger partial charge on any atom is -0.338 e. The second kappa shape index (κ2) is 4.86. The van der Waals surface area contributed by atoms with Gasteiger partial charge in [0.25, 0.3) is 0 Å². The molecule has 2 unspecified atom stereocenters. The first-order valence-electron chi connectivity index (χ1n) is 7.25. The van der Waals surface area contributed by atoms with E-state index in [1.54, 1.807) is 0 Å². The fourth-order valence-corrected chi connectivity index (χ4v) is 3.24. The van der Waals surface area contributed by atoms with Crippen LogP contribution in [0.1, 0.15) is 19.3 Å². The average molecular weight is 270 g/mol.